The molecule has 2 aromatic heterocycles. The van der Waals surface area contributed by atoms with E-state index in [-0.39, 0.29) is 0 Å². The van der Waals surface area contributed by atoms with E-state index in [0.717, 1.165) is 11.4 Å². The summed E-state index contributed by atoms with van der Waals surface area (Å²) in [4.78, 5) is 8.30. The Kier molecular flexibility index (Phi) is 2.79. The standard InChI is InChI=1S/C12H10N4/c1-9-11(3-2-5-14-9)16-12-7-10(8-13)4-6-15-12/h2-7H,1H3,(H,15,16). The third-order valence-corrected chi connectivity index (χ3v) is 2.16. The van der Waals surface area contributed by atoms with E-state index in [1.807, 2.05) is 19.1 Å². The lowest BCUT2D eigenvalue weighted by Crippen LogP contribution is -1.96. The van der Waals surface area contributed by atoms with E-state index in [1.165, 1.54) is 0 Å². The Hall–Kier alpha value is -2.41. The zero-order valence-corrected chi connectivity index (χ0v) is 8.81. The Morgan fingerprint density at radius 2 is 2.12 bits per heavy atom. The summed E-state index contributed by atoms with van der Waals surface area (Å²) in [5, 5.41) is 11.9. The first-order valence-electron chi connectivity index (χ1n) is 4.84. The van der Waals surface area contributed by atoms with E-state index >= 15 is 0 Å². The smallest absolute Gasteiger partial charge is 0.131 e. The summed E-state index contributed by atoms with van der Waals surface area (Å²) in [6, 6.07) is 9.21. The molecular formula is C12H10N4. The lowest BCUT2D eigenvalue weighted by atomic mass is 10.2. The number of nitrogens with one attached hydrogen (secondary N) is 1. The summed E-state index contributed by atoms with van der Waals surface area (Å²) in [5.74, 6) is 0.648. The molecule has 0 aliphatic heterocycles. The van der Waals surface area contributed by atoms with Gasteiger partial charge in [-0.25, -0.2) is 4.98 Å². The van der Waals surface area contributed by atoms with Crippen molar-refractivity contribution >= 4 is 11.5 Å². The van der Waals surface area contributed by atoms with Crippen LogP contribution in [-0.4, -0.2) is 9.97 Å². The summed E-state index contributed by atoms with van der Waals surface area (Å²) >= 11 is 0. The molecule has 0 atom stereocenters. The fourth-order valence-corrected chi connectivity index (χ4v) is 1.32. The Balaban J connectivity index is 2.28. The zero-order valence-electron chi connectivity index (χ0n) is 8.81. The second-order valence-corrected chi connectivity index (χ2v) is 3.30. The molecule has 0 spiro atoms. The van der Waals surface area contributed by atoms with Crippen LogP contribution in [-0.2, 0) is 0 Å². The van der Waals surface area contributed by atoms with Gasteiger partial charge >= 0.3 is 0 Å². The highest BCUT2D eigenvalue weighted by Gasteiger charge is 2.00. The monoisotopic (exact) mass is 210 g/mol. The number of aromatic nitrogens is 2. The van der Waals surface area contributed by atoms with E-state index in [0.29, 0.717) is 11.4 Å². The SMILES string of the molecule is Cc1ncccc1Nc1cc(C#N)ccn1. The molecule has 4 heteroatoms. The molecule has 78 valence electrons. The Morgan fingerprint density at radius 1 is 1.25 bits per heavy atom. The van der Waals surface area contributed by atoms with Crippen LogP contribution < -0.4 is 5.32 Å². The van der Waals surface area contributed by atoms with E-state index < -0.39 is 0 Å². The van der Waals surface area contributed by atoms with Crippen molar-refractivity contribution in [2.24, 2.45) is 0 Å². The molecule has 16 heavy (non-hydrogen) atoms. The molecule has 0 aliphatic carbocycles. The van der Waals surface area contributed by atoms with Gasteiger partial charge in [-0.1, -0.05) is 0 Å². The molecule has 2 rings (SSSR count). The molecule has 0 saturated heterocycles. The Morgan fingerprint density at radius 3 is 2.88 bits per heavy atom. The number of nitrogens with zero attached hydrogens (tertiary/aromatic N) is 3. The molecule has 2 heterocycles. The highest BCUT2D eigenvalue weighted by atomic mass is 15.0. The van der Waals surface area contributed by atoms with Crippen LogP contribution in [0, 0.1) is 18.3 Å². The van der Waals surface area contributed by atoms with E-state index in [9.17, 15) is 0 Å². The number of rotatable bonds is 2. The van der Waals surface area contributed by atoms with E-state index in [4.69, 9.17) is 5.26 Å². The number of nitriles is 1. The molecule has 4 nitrogen and oxygen atoms in total. The average molecular weight is 210 g/mol. The van der Waals surface area contributed by atoms with Crippen molar-refractivity contribution in [1.29, 1.82) is 5.26 Å². The van der Waals surface area contributed by atoms with Crippen LogP contribution >= 0.6 is 0 Å². The molecule has 2 aromatic rings. The van der Waals surface area contributed by atoms with Crippen LogP contribution in [0.5, 0.6) is 0 Å². The van der Waals surface area contributed by atoms with Gasteiger partial charge < -0.3 is 5.32 Å². The van der Waals surface area contributed by atoms with Crippen molar-refractivity contribution in [3.8, 4) is 6.07 Å². The third kappa shape index (κ3) is 2.15. The molecule has 0 amide bonds. The van der Waals surface area contributed by atoms with E-state index in [2.05, 4.69) is 21.4 Å². The summed E-state index contributed by atoms with van der Waals surface area (Å²) in [5.41, 5.74) is 2.37. The van der Waals surface area contributed by atoms with Crippen LogP contribution in [0.25, 0.3) is 0 Å². The fourth-order valence-electron chi connectivity index (χ4n) is 1.32. The van der Waals surface area contributed by atoms with Gasteiger partial charge in [-0.2, -0.15) is 5.26 Å². The molecule has 0 fully saturated rings. The zero-order chi connectivity index (χ0) is 11.4. The van der Waals surface area contributed by atoms with Gasteiger partial charge in [-0.15, -0.1) is 0 Å². The van der Waals surface area contributed by atoms with Gasteiger partial charge in [-0.3, -0.25) is 4.98 Å². The second kappa shape index (κ2) is 4.41. The Bertz CT molecular complexity index is 543. The summed E-state index contributed by atoms with van der Waals surface area (Å²) < 4.78 is 0. The number of pyridine rings is 2. The maximum Gasteiger partial charge on any atom is 0.131 e. The number of hydrogen-bond donors (Lipinski definition) is 1. The minimum atomic E-state index is 0.582. The van der Waals surface area contributed by atoms with Crippen LogP contribution in [0.2, 0.25) is 0 Å². The normalized spacial score (nSPS) is 9.50. The minimum Gasteiger partial charge on any atom is -0.339 e. The van der Waals surface area contributed by atoms with Crippen LogP contribution in [0.4, 0.5) is 11.5 Å². The van der Waals surface area contributed by atoms with Gasteiger partial charge in [0.1, 0.15) is 5.82 Å². The van der Waals surface area contributed by atoms with Crippen molar-refractivity contribution in [3.63, 3.8) is 0 Å². The molecule has 0 unspecified atom stereocenters. The highest BCUT2D eigenvalue weighted by Crippen LogP contribution is 2.16. The predicted octanol–water partition coefficient (Wildman–Crippen LogP) is 2.40. The summed E-state index contributed by atoms with van der Waals surface area (Å²) in [6.45, 7) is 1.91. The first-order chi connectivity index (χ1) is 7.79. The van der Waals surface area contributed by atoms with Gasteiger partial charge in [0.05, 0.1) is 23.0 Å². The topological polar surface area (TPSA) is 61.6 Å². The highest BCUT2D eigenvalue weighted by molar-refractivity contribution is 5.59. The number of hydrogen-bond acceptors (Lipinski definition) is 4. The maximum atomic E-state index is 8.76. The lowest BCUT2D eigenvalue weighted by molar-refractivity contribution is 1.19. The van der Waals surface area contributed by atoms with Crippen molar-refractivity contribution in [2.45, 2.75) is 6.92 Å². The van der Waals surface area contributed by atoms with Crippen LogP contribution in [0.15, 0.2) is 36.7 Å². The first-order valence-corrected chi connectivity index (χ1v) is 4.84. The maximum absolute atomic E-state index is 8.76. The molecular weight excluding hydrogens is 200 g/mol. The number of aryl methyl sites for hydroxylation is 1. The van der Waals surface area contributed by atoms with Gasteiger partial charge in [0.25, 0.3) is 0 Å². The van der Waals surface area contributed by atoms with Gasteiger partial charge in [0, 0.05) is 12.4 Å². The van der Waals surface area contributed by atoms with Crippen LogP contribution in [0.3, 0.4) is 0 Å². The second-order valence-electron chi connectivity index (χ2n) is 3.30. The lowest BCUT2D eigenvalue weighted by Gasteiger charge is -2.07. The largest absolute Gasteiger partial charge is 0.339 e. The van der Waals surface area contributed by atoms with Crippen molar-refractivity contribution in [2.75, 3.05) is 5.32 Å². The van der Waals surface area contributed by atoms with Crippen molar-refractivity contribution in [3.05, 3.63) is 47.9 Å². The minimum absolute atomic E-state index is 0.582. The molecule has 0 radical (unpaired) electrons. The molecule has 0 aliphatic rings. The van der Waals surface area contributed by atoms with E-state index in [1.54, 1.807) is 24.5 Å². The van der Waals surface area contributed by atoms with Crippen molar-refractivity contribution < 1.29 is 0 Å². The molecule has 0 saturated carbocycles. The molecule has 0 aromatic carbocycles. The first kappa shape index (κ1) is 10.1. The third-order valence-electron chi connectivity index (χ3n) is 2.16. The van der Waals surface area contributed by atoms with Gasteiger partial charge in [0.2, 0.25) is 0 Å². The van der Waals surface area contributed by atoms with Crippen LogP contribution in [0.1, 0.15) is 11.3 Å². The molecule has 1 N–H and O–H groups in total. The molecule has 0 bridgehead atoms. The van der Waals surface area contributed by atoms with Gasteiger partial charge in [-0.05, 0) is 31.2 Å². The summed E-state index contributed by atoms with van der Waals surface area (Å²) in [7, 11) is 0. The van der Waals surface area contributed by atoms with Gasteiger partial charge in [0.15, 0.2) is 0 Å². The Labute approximate surface area is 93.6 Å². The fraction of sp³-hybridized carbons (Fsp3) is 0.0833. The predicted molar refractivity (Wildman–Crippen MR) is 61.2 cm³/mol. The number of anilines is 2. The average Bonchev–Trinajstić information content (AvgIpc) is 2.32. The quantitative estimate of drug-likeness (QED) is 0.826. The summed E-state index contributed by atoms with van der Waals surface area (Å²) in [6.07, 6.45) is 3.34. The van der Waals surface area contributed by atoms with Crippen molar-refractivity contribution in [1.82, 2.24) is 9.97 Å².